The fraction of sp³-hybridized carbons (Fsp3) is 0.286. The van der Waals surface area contributed by atoms with E-state index in [2.05, 4.69) is 27.7 Å². The van der Waals surface area contributed by atoms with Crippen molar-refractivity contribution in [3.63, 3.8) is 0 Å². The first-order chi connectivity index (χ1) is 17.3. The Morgan fingerprint density at radius 3 is 2.75 bits per heavy atom. The number of benzene rings is 2. The SMILES string of the molecule is C=C(C)C(=O)N1CC2(CCN(c3nc4c(F)cccc4c(-c4c(C)ccc5[nH]ncc45)c3C#N)C2)C1. The number of nitrogens with one attached hydrogen (secondary N) is 1. The molecule has 6 rings (SSSR count). The first-order valence-electron chi connectivity index (χ1n) is 12.0. The third-order valence-corrected chi connectivity index (χ3v) is 7.58. The second kappa shape index (κ2) is 7.89. The molecule has 2 aliphatic heterocycles. The van der Waals surface area contributed by atoms with Crippen LogP contribution in [-0.2, 0) is 4.79 Å². The number of carbonyl (C=O) groups excluding carboxylic acids is 1. The first kappa shape index (κ1) is 22.2. The van der Waals surface area contributed by atoms with Crippen LogP contribution in [0.15, 0.2) is 48.7 Å². The summed E-state index contributed by atoms with van der Waals surface area (Å²) in [6, 6.07) is 11.2. The number of halogens is 1. The van der Waals surface area contributed by atoms with E-state index < -0.39 is 5.82 Å². The van der Waals surface area contributed by atoms with Crippen molar-refractivity contribution in [2.45, 2.75) is 20.3 Å². The van der Waals surface area contributed by atoms with E-state index in [4.69, 9.17) is 4.98 Å². The van der Waals surface area contributed by atoms with Crippen LogP contribution in [0.5, 0.6) is 0 Å². The quantitative estimate of drug-likeness (QED) is 0.429. The molecule has 0 aliphatic carbocycles. The second-order valence-electron chi connectivity index (χ2n) is 10.1. The summed E-state index contributed by atoms with van der Waals surface area (Å²) < 4.78 is 15.1. The number of hydrogen-bond acceptors (Lipinski definition) is 5. The number of amides is 1. The molecule has 0 saturated carbocycles. The summed E-state index contributed by atoms with van der Waals surface area (Å²) in [5.41, 5.74) is 4.50. The molecule has 7 nitrogen and oxygen atoms in total. The summed E-state index contributed by atoms with van der Waals surface area (Å²) in [5.74, 6) is 0.0486. The zero-order valence-electron chi connectivity index (χ0n) is 20.2. The lowest BCUT2D eigenvalue weighted by Crippen LogP contribution is -2.59. The predicted molar refractivity (Wildman–Crippen MR) is 137 cm³/mol. The lowest BCUT2D eigenvalue weighted by atomic mass is 9.79. The average molecular weight is 481 g/mol. The number of fused-ring (bicyclic) bond motifs is 2. The lowest BCUT2D eigenvalue weighted by molar-refractivity contribution is -0.137. The van der Waals surface area contributed by atoms with Crippen LogP contribution in [0.1, 0.15) is 24.5 Å². The summed E-state index contributed by atoms with van der Waals surface area (Å²) in [4.78, 5) is 21.0. The van der Waals surface area contributed by atoms with Crippen molar-refractivity contribution in [2.75, 3.05) is 31.1 Å². The maximum absolute atomic E-state index is 15.1. The Kier molecular flexibility index (Phi) is 4.87. The summed E-state index contributed by atoms with van der Waals surface area (Å²) in [6.07, 6.45) is 2.62. The molecular weight excluding hydrogens is 455 g/mol. The predicted octanol–water partition coefficient (Wildman–Crippen LogP) is 4.71. The molecule has 8 heteroatoms. The monoisotopic (exact) mass is 480 g/mol. The van der Waals surface area contributed by atoms with Crippen LogP contribution >= 0.6 is 0 Å². The Bertz CT molecular complexity index is 1620. The molecule has 0 radical (unpaired) electrons. The molecule has 2 aliphatic rings. The molecule has 0 unspecified atom stereocenters. The number of para-hydroxylation sites is 1. The van der Waals surface area contributed by atoms with Crippen LogP contribution in [0, 0.1) is 29.5 Å². The average Bonchev–Trinajstić information content (AvgIpc) is 3.50. The van der Waals surface area contributed by atoms with E-state index in [1.165, 1.54) is 6.07 Å². The van der Waals surface area contributed by atoms with Gasteiger partial charge in [-0.2, -0.15) is 10.4 Å². The van der Waals surface area contributed by atoms with Gasteiger partial charge < -0.3 is 9.80 Å². The molecule has 2 fully saturated rings. The van der Waals surface area contributed by atoms with Crippen LogP contribution in [0.3, 0.4) is 0 Å². The van der Waals surface area contributed by atoms with E-state index in [-0.39, 0.29) is 16.8 Å². The Labute approximate surface area is 207 Å². The van der Waals surface area contributed by atoms with Crippen molar-refractivity contribution in [1.29, 1.82) is 5.26 Å². The van der Waals surface area contributed by atoms with Gasteiger partial charge in [0.05, 0.1) is 11.7 Å². The Balaban J connectivity index is 1.51. The Morgan fingerprint density at radius 2 is 2.00 bits per heavy atom. The standard InChI is InChI=1S/C28H25FN6O/c1-16(2)27(36)35-14-28(15-35)9-10-34(13-28)26-19(11-30)24(18-5-4-6-21(29)25(18)32-26)23-17(3)7-8-22-20(23)12-31-33-22/h4-8,12H,1,9-10,13-15H2,2-3H3,(H,31,33). The molecule has 36 heavy (non-hydrogen) atoms. The third-order valence-electron chi connectivity index (χ3n) is 7.58. The molecule has 4 heterocycles. The van der Waals surface area contributed by atoms with Gasteiger partial charge >= 0.3 is 0 Å². The number of aryl methyl sites for hydroxylation is 1. The number of hydrogen-bond donors (Lipinski definition) is 1. The second-order valence-corrected chi connectivity index (χ2v) is 10.1. The Morgan fingerprint density at radius 1 is 1.19 bits per heavy atom. The van der Waals surface area contributed by atoms with Gasteiger partial charge in [0.2, 0.25) is 5.91 Å². The van der Waals surface area contributed by atoms with E-state index in [9.17, 15) is 10.1 Å². The lowest BCUT2D eigenvalue weighted by Gasteiger charge is -2.48. The molecule has 1 N–H and O–H groups in total. The van der Waals surface area contributed by atoms with Crippen molar-refractivity contribution in [3.05, 3.63) is 65.6 Å². The molecule has 1 spiro atoms. The van der Waals surface area contributed by atoms with E-state index >= 15 is 4.39 Å². The molecule has 4 aromatic rings. The van der Waals surface area contributed by atoms with E-state index in [1.54, 1.807) is 19.2 Å². The van der Waals surface area contributed by atoms with Crippen LogP contribution in [0.2, 0.25) is 0 Å². The summed E-state index contributed by atoms with van der Waals surface area (Å²) >= 11 is 0. The van der Waals surface area contributed by atoms with Crippen LogP contribution in [0.4, 0.5) is 10.2 Å². The highest BCUT2D eigenvalue weighted by molar-refractivity contribution is 6.08. The minimum atomic E-state index is -0.424. The van der Waals surface area contributed by atoms with Gasteiger partial charge in [0.15, 0.2) is 0 Å². The van der Waals surface area contributed by atoms with E-state index in [0.717, 1.165) is 28.5 Å². The number of aromatic nitrogens is 3. The van der Waals surface area contributed by atoms with Crippen molar-refractivity contribution in [1.82, 2.24) is 20.1 Å². The molecule has 0 atom stereocenters. The maximum Gasteiger partial charge on any atom is 0.248 e. The third kappa shape index (κ3) is 3.19. The molecule has 0 bridgehead atoms. The largest absolute Gasteiger partial charge is 0.355 e. The van der Waals surface area contributed by atoms with E-state index in [0.29, 0.717) is 54.1 Å². The fourth-order valence-electron chi connectivity index (χ4n) is 5.84. The minimum Gasteiger partial charge on any atom is -0.355 e. The summed E-state index contributed by atoms with van der Waals surface area (Å²) in [7, 11) is 0. The first-order valence-corrected chi connectivity index (χ1v) is 12.0. The Hall–Kier alpha value is -4.25. The molecule has 2 aromatic heterocycles. The number of nitrogens with zero attached hydrogens (tertiary/aromatic N) is 5. The fourth-order valence-corrected chi connectivity index (χ4v) is 5.84. The molecule has 2 saturated heterocycles. The number of H-pyrrole nitrogens is 1. The van der Waals surface area contributed by atoms with Gasteiger partial charge in [0, 0.05) is 53.5 Å². The molecular formula is C28H25FN6O. The van der Waals surface area contributed by atoms with Gasteiger partial charge in [-0.3, -0.25) is 9.89 Å². The molecule has 2 aromatic carbocycles. The van der Waals surface area contributed by atoms with Gasteiger partial charge in [-0.25, -0.2) is 9.37 Å². The van der Waals surface area contributed by atoms with Crippen molar-refractivity contribution < 1.29 is 9.18 Å². The van der Waals surface area contributed by atoms with E-state index in [1.807, 2.05) is 30.0 Å². The highest BCUT2D eigenvalue weighted by atomic mass is 19.1. The highest BCUT2D eigenvalue weighted by Crippen LogP contribution is 2.45. The maximum atomic E-state index is 15.1. The normalized spacial score (nSPS) is 16.5. The van der Waals surface area contributed by atoms with Crippen LogP contribution in [0.25, 0.3) is 32.9 Å². The zero-order chi connectivity index (χ0) is 25.2. The number of aromatic amines is 1. The topological polar surface area (TPSA) is 88.9 Å². The van der Waals surface area contributed by atoms with Gasteiger partial charge in [-0.05, 0) is 43.5 Å². The number of nitriles is 1. The van der Waals surface area contributed by atoms with Gasteiger partial charge in [-0.15, -0.1) is 0 Å². The molecule has 180 valence electrons. The number of likely N-dealkylation sites (tertiary alicyclic amines) is 1. The highest BCUT2D eigenvalue weighted by Gasteiger charge is 2.50. The summed E-state index contributed by atoms with van der Waals surface area (Å²) in [6.45, 7) is 10.1. The van der Waals surface area contributed by atoms with Crippen molar-refractivity contribution in [3.8, 4) is 17.2 Å². The number of carbonyl (C=O) groups is 1. The zero-order valence-corrected chi connectivity index (χ0v) is 20.2. The van der Waals surface area contributed by atoms with Crippen LogP contribution < -0.4 is 4.90 Å². The van der Waals surface area contributed by atoms with Gasteiger partial charge in [-0.1, -0.05) is 24.8 Å². The minimum absolute atomic E-state index is 0.0198. The number of pyridine rings is 1. The van der Waals surface area contributed by atoms with Gasteiger partial charge in [0.25, 0.3) is 0 Å². The summed E-state index contributed by atoms with van der Waals surface area (Å²) in [5, 5.41) is 19.1. The number of rotatable bonds is 3. The smallest absolute Gasteiger partial charge is 0.248 e. The molecule has 1 amide bonds. The van der Waals surface area contributed by atoms with Crippen molar-refractivity contribution >= 4 is 33.5 Å². The van der Waals surface area contributed by atoms with Crippen LogP contribution in [-0.4, -0.2) is 52.2 Å². The number of anilines is 1. The van der Waals surface area contributed by atoms with Crippen molar-refractivity contribution in [2.24, 2.45) is 5.41 Å². The van der Waals surface area contributed by atoms with Gasteiger partial charge in [0.1, 0.15) is 28.8 Å².